The van der Waals surface area contributed by atoms with Gasteiger partial charge in [-0.2, -0.15) is 0 Å². The molecule has 0 aromatic heterocycles. The van der Waals surface area contributed by atoms with Gasteiger partial charge in [0.1, 0.15) is 0 Å². The highest BCUT2D eigenvalue weighted by molar-refractivity contribution is 7.20. The predicted octanol–water partition coefficient (Wildman–Crippen LogP) is 5.15. The van der Waals surface area contributed by atoms with Crippen LogP contribution in [0.2, 0.25) is 0 Å². The maximum atomic E-state index is 15.3. The molecule has 0 nitrogen and oxygen atoms in total. The van der Waals surface area contributed by atoms with Crippen LogP contribution in [-0.4, -0.2) is 8.07 Å². The molecular formula is C24H5F15Si. The highest BCUT2D eigenvalue weighted by atomic mass is 28.3. The summed E-state index contributed by atoms with van der Waals surface area (Å²) in [6, 6.07) is 3.36. The Morgan fingerprint density at radius 3 is 0.700 bits per heavy atom. The van der Waals surface area contributed by atoms with Crippen LogP contribution in [0.15, 0.2) is 30.3 Å². The Kier molecular flexibility index (Phi) is 7.19. The van der Waals surface area contributed by atoms with Gasteiger partial charge in [0.05, 0.1) is 0 Å². The summed E-state index contributed by atoms with van der Waals surface area (Å²) in [5.41, 5.74) is 0. The zero-order chi connectivity index (χ0) is 30.0. The van der Waals surface area contributed by atoms with Crippen molar-refractivity contribution in [3.63, 3.8) is 0 Å². The molecule has 0 N–H and O–H groups in total. The standard InChI is InChI=1S/C24H5F15Si/c25-7-10(28)16(34)22(17(35)11(7)29)40(6-4-2-1-3-5-6,23-18(36)12(30)8(26)13(31)19(23)37)24-20(38)14(32)9(27)15(33)21(24)39/h1-5H. The number of hydrogen-bond donors (Lipinski definition) is 0. The van der Waals surface area contributed by atoms with Gasteiger partial charge in [-0.3, -0.25) is 0 Å². The maximum Gasteiger partial charge on any atom is 0.201 e. The van der Waals surface area contributed by atoms with E-state index in [-0.39, 0.29) is 0 Å². The average Bonchev–Trinajstić information content (AvgIpc) is 2.95. The monoisotopic (exact) mass is 606 g/mol. The molecule has 16 heteroatoms. The largest absolute Gasteiger partial charge is 0.204 e. The highest BCUT2D eigenvalue weighted by Crippen LogP contribution is 2.28. The summed E-state index contributed by atoms with van der Waals surface area (Å²) in [5.74, 6) is -45.1. The molecule has 40 heavy (non-hydrogen) atoms. The molecule has 210 valence electrons. The van der Waals surface area contributed by atoms with Gasteiger partial charge in [-0.25, -0.2) is 65.9 Å². The van der Waals surface area contributed by atoms with E-state index in [4.69, 9.17) is 0 Å². The van der Waals surface area contributed by atoms with Crippen molar-refractivity contribution in [2.45, 2.75) is 0 Å². The zero-order valence-electron chi connectivity index (χ0n) is 18.6. The average molecular weight is 606 g/mol. The Balaban J connectivity index is 2.55. The van der Waals surface area contributed by atoms with Crippen molar-refractivity contribution < 1.29 is 65.9 Å². The summed E-state index contributed by atoms with van der Waals surface area (Å²) in [5, 5.41) is -9.10. The second-order valence-electron chi connectivity index (χ2n) is 7.95. The zero-order valence-corrected chi connectivity index (χ0v) is 19.6. The van der Waals surface area contributed by atoms with Crippen LogP contribution in [0.3, 0.4) is 0 Å². The Morgan fingerprint density at radius 2 is 0.475 bits per heavy atom. The molecule has 0 unspecified atom stereocenters. The minimum atomic E-state index is -7.01. The van der Waals surface area contributed by atoms with E-state index >= 15 is 26.3 Å². The van der Waals surface area contributed by atoms with Gasteiger partial charge in [0, 0.05) is 15.6 Å². The van der Waals surface area contributed by atoms with Gasteiger partial charge < -0.3 is 0 Å². The molecule has 4 aromatic rings. The van der Waals surface area contributed by atoms with Gasteiger partial charge in [0.2, 0.25) is 25.5 Å². The van der Waals surface area contributed by atoms with E-state index in [0.29, 0.717) is 12.1 Å². The van der Waals surface area contributed by atoms with Crippen molar-refractivity contribution >= 4 is 28.8 Å². The lowest BCUT2D eigenvalue weighted by molar-refractivity contribution is 0.380. The summed E-state index contributed by atoms with van der Waals surface area (Å²) < 4.78 is 220. The molecule has 0 radical (unpaired) electrons. The third-order valence-corrected chi connectivity index (χ3v) is 10.7. The molecular weight excluding hydrogens is 601 g/mol. The molecule has 0 fully saturated rings. The fourth-order valence-corrected chi connectivity index (χ4v) is 9.24. The number of rotatable bonds is 4. The van der Waals surface area contributed by atoms with Crippen molar-refractivity contribution in [2.24, 2.45) is 0 Å². The van der Waals surface area contributed by atoms with Crippen LogP contribution in [0.25, 0.3) is 0 Å². The maximum absolute atomic E-state index is 15.3. The minimum Gasteiger partial charge on any atom is -0.204 e. The lowest BCUT2D eigenvalue weighted by atomic mass is 10.3. The third-order valence-electron chi connectivity index (χ3n) is 5.96. The van der Waals surface area contributed by atoms with Crippen LogP contribution in [0.4, 0.5) is 65.9 Å². The van der Waals surface area contributed by atoms with Gasteiger partial charge in [-0.15, -0.1) is 0 Å². The summed E-state index contributed by atoms with van der Waals surface area (Å²) in [4.78, 5) is 0. The van der Waals surface area contributed by atoms with Crippen molar-refractivity contribution in [3.8, 4) is 0 Å². The Morgan fingerprint density at radius 1 is 0.275 bits per heavy atom. The van der Waals surface area contributed by atoms with Crippen molar-refractivity contribution in [3.05, 3.63) is 118 Å². The van der Waals surface area contributed by atoms with Crippen LogP contribution in [0.5, 0.6) is 0 Å². The molecule has 0 bridgehead atoms. The van der Waals surface area contributed by atoms with E-state index in [1.807, 2.05) is 0 Å². The Labute approximate surface area is 212 Å². The van der Waals surface area contributed by atoms with Gasteiger partial charge in [-0.05, 0) is 5.19 Å². The Hall–Kier alpha value is -3.95. The quantitative estimate of drug-likeness (QED) is 0.0992. The summed E-state index contributed by atoms with van der Waals surface area (Å²) in [7, 11) is -7.01. The number of halogens is 15. The molecule has 0 atom stereocenters. The third kappa shape index (κ3) is 3.71. The van der Waals surface area contributed by atoms with Crippen LogP contribution < -0.4 is 20.7 Å². The van der Waals surface area contributed by atoms with Crippen LogP contribution >= 0.6 is 0 Å². The molecule has 4 aromatic carbocycles. The minimum absolute atomic E-state index is 0.431. The van der Waals surface area contributed by atoms with Crippen molar-refractivity contribution in [2.75, 3.05) is 0 Å². The second kappa shape index (κ2) is 9.90. The van der Waals surface area contributed by atoms with E-state index < -0.39 is 116 Å². The molecule has 0 heterocycles. The number of benzene rings is 4. The van der Waals surface area contributed by atoms with E-state index in [2.05, 4.69) is 0 Å². The molecule has 4 rings (SSSR count). The van der Waals surface area contributed by atoms with E-state index in [0.717, 1.165) is 18.2 Å². The molecule has 0 spiro atoms. The summed E-state index contributed by atoms with van der Waals surface area (Å²) in [6.07, 6.45) is 0. The van der Waals surface area contributed by atoms with Crippen LogP contribution in [0, 0.1) is 87.3 Å². The molecule has 0 aliphatic rings. The van der Waals surface area contributed by atoms with Crippen molar-refractivity contribution in [1.82, 2.24) is 0 Å². The van der Waals surface area contributed by atoms with Crippen LogP contribution in [-0.2, 0) is 0 Å². The molecule has 0 aliphatic carbocycles. The molecule has 0 saturated heterocycles. The molecule has 0 saturated carbocycles. The van der Waals surface area contributed by atoms with E-state index in [1.54, 1.807) is 0 Å². The Bertz CT molecular complexity index is 1450. The van der Waals surface area contributed by atoms with Gasteiger partial charge in [0.25, 0.3) is 0 Å². The van der Waals surface area contributed by atoms with Gasteiger partial charge in [0.15, 0.2) is 69.8 Å². The SMILES string of the molecule is Fc1c(F)c(F)c([Si](c2ccccc2)(c2c(F)c(F)c(F)c(F)c2F)c2c(F)c(F)c(F)c(F)c2F)c(F)c1F. The summed E-state index contributed by atoms with van der Waals surface area (Å²) in [6.45, 7) is 0. The predicted molar refractivity (Wildman–Crippen MR) is 109 cm³/mol. The lowest BCUT2D eigenvalue weighted by Crippen LogP contribution is -2.79. The topological polar surface area (TPSA) is 0 Å². The van der Waals surface area contributed by atoms with Gasteiger partial charge >= 0.3 is 0 Å². The van der Waals surface area contributed by atoms with E-state index in [9.17, 15) is 39.5 Å². The second-order valence-corrected chi connectivity index (χ2v) is 11.5. The lowest BCUT2D eigenvalue weighted by Gasteiger charge is -2.35. The van der Waals surface area contributed by atoms with Crippen molar-refractivity contribution in [1.29, 1.82) is 0 Å². The normalized spacial score (nSPS) is 11.9. The molecule has 0 amide bonds. The first-order chi connectivity index (χ1) is 18.6. The van der Waals surface area contributed by atoms with Gasteiger partial charge in [-0.1, -0.05) is 30.3 Å². The first-order valence-electron chi connectivity index (χ1n) is 10.2. The first kappa shape index (κ1) is 29.0. The number of hydrogen-bond acceptors (Lipinski definition) is 0. The first-order valence-corrected chi connectivity index (χ1v) is 12.2. The molecule has 0 aliphatic heterocycles. The van der Waals surface area contributed by atoms with Crippen LogP contribution in [0.1, 0.15) is 0 Å². The smallest absolute Gasteiger partial charge is 0.201 e. The fourth-order valence-electron chi connectivity index (χ4n) is 4.30. The highest BCUT2D eigenvalue weighted by Gasteiger charge is 2.56. The fraction of sp³-hybridized carbons (Fsp3) is 0. The summed E-state index contributed by atoms with van der Waals surface area (Å²) >= 11 is 0. The van der Waals surface area contributed by atoms with E-state index in [1.165, 1.54) is 0 Å².